The number of rotatable bonds is 2. The van der Waals surface area contributed by atoms with Crippen molar-refractivity contribution in [2.75, 3.05) is 0 Å². The van der Waals surface area contributed by atoms with E-state index >= 15 is 0 Å². The van der Waals surface area contributed by atoms with Crippen molar-refractivity contribution in [3.63, 3.8) is 0 Å². The van der Waals surface area contributed by atoms with Gasteiger partial charge >= 0.3 is 0 Å². The van der Waals surface area contributed by atoms with Gasteiger partial charge in [-0.2, -0.15) is 5.26 Å². The van der Waals surface area contributed by atoms with Gasteiger partial charge in [-0.1, -0.05) is 32.4 Å². The maximum atomic E-state index is 8.88. The van der Waals surface area contributed by atoms with Crippen molar-refractivity contribution in [2.24, 2.45) is 0 Å². The van der Waals surface area contributed by atoms with Crippen LogP contribution in [0.5, 0.6) is 5.75 Å². The van der Waals surface area contributed by atoms with E-state index in [1.165, 1.54) is 0 Å². The van der Waals surface area contributed by atoms with Gasteiger partial charge in [0.1, 0.15) is 5.75 Å². The van der Waals surface area contributed by atoms with Crippen molar-refractivity contribution in [3.8, 4) is 11.8 Å². The van der Waals surface area contributed by atoms with E-state index in [4.69, 9.17) is 21.3 Å². The molecule has 0 saturated carbocycles. The van der Waals surface area contributed by atoms with Crippen LogP contribution >= 0.6 is 27.5 Å². The fourth-order valence-electron chi connectivity index (χ4n) is 1.13. The quantitative estimate of drug-likeness (QED) is 0.675. The average molecular weight is 347 g/mol. The van der Waals surface area contributed by atoms with Crippen LogP contribution in [0.3, 0.4) is 0 Å². The second-order valence-electron chi connectivity index (χ2n) is 5.74. The number of halogens is 2. The molecule has 1 aromatic carbocycles. The second-order valence-corrected chi connectivity index (χ2v) is 11.7. The molecule has 0 amide bonds. The third kappa shape index (κ3) is 3.28. The van der Waals surface area contributed by atoms with Gasteiger partial charge in [-0.05, 0) is 46.2 Å². The van der Waals surface area contributed by atoms with Crippen molar-refractivity contribution in [3.05, 3.63) is 27.2 Å². The molecule has 0 saturated heterocycles. The number of nitrogens with zero attached hydrogens (tertiary/aromatic N) is 1. The highest BCUT2D eigenvalue weighted by molar-refractivity contribution is 9.10. The summed E-state index contributed by atoms with van der Waals surface area (Å²) in [4.78, 5) is 0. The summed E-state index contributed by atoms with van der Waals surface area (Å²) in [6, 6.07) is 5.43. The first-order chi connectivity index (χ1) is 8.08. The van der Waals surface area contributed by atoms with Gasteiger partial charge in [0.25, 0.3) is 8.32 Å². The SMILES string of the molecule is CC(C)(C)[Si](C)(C)Oc1c(Cl)cc(C#N)cc1Br. The first-order valence-electron chi connectivity index (χ1n) is 5.66. The Morgan fingerprint density at radius 2 is 1.89 bits per heavy atom. The largest absolute Gasteiger partial charge is 0.542 e. The van der Waals surface area contributed by atoms with Gasteiger partial charge < -0.3 is 4.43 Å². The molecule has 1 aromatic rings. The summed E-state index contributed by atoms with van der Waals surface area (Å²) in [5.41, 5.74) is 0.523. The Morgan fingerprint density at radius 3 is 2.28 bits per heavy atom. The molecule has 0 heterocycles. The predicted molar refractivity (Wildman–Crippen MR) is 81.7 cm³/mol. The van der Waals surface area contributed by atoms with Gasteiger partial charge in [0.2, 0.25) is 0 Å². The Hall–Kier alpha value is -0.503. The van der Waals surface area contributed by atoms with Gasteiger partial charge in [-0.3, -0.25) is 0 Å². The Labute approximate surface area is 123 Å². The van der Waals surface area contributed by atoms with Crippen LogP contribution in [0.2, 0.25) is 23.2 Å². The second kappa shape index (κ2) is 5.24. The summed E-state index contributed by atoms with van der Waals surface area (Å²) < 4.78 is 6.91. The van der Waals surface area contributed by atoms with Gasteiger partial charge in [0.05, 0.1) is 21.1 Å². The predicted octanol–water partition coefficient (Wildman–Crippen LogP) is 5.36. The van der Waals surface area contributed by atoms with Crippen LogP contribution in [-0.4, -0.2) is 8.32 Å². The summed E-state index contributed by atoms with van der Waals surface area (Å²) in [6.07, 6.45) is 0. The standard InChI is InChI=1S/C13H17BrClNOSi/c1-13(2,3)18(4,5)17-12-10(14)6-9(8-16)7-11(12)15/h6-7H,1-5H3. The highest BCUT2D eigenvalue weighted by Gasteiger charge is 2.39. The minimum Gasteiger partial charge on any atom is -0.542 e. The van der Waals surface area contributed by atoms with Gasteiger partial charge in [-0.25, -0.2) is 0 Å². The lowest BCUT2D eigenvalue weighted by molar-refractivity contribution is 0.490. The number of nitriles is 1. The third-order valence-electron chi connectivity index (χ3n) is 3.29. The smallest absolute Gasteiger partial charge is 0.250 e. The minimum absolute atomic E-state index is 0.101. The zero-order valence-electron chi connectivity index (χ0n) is 11.3. The molecule has 0 aliphatic rings. The van der Waals surface area contributed by atoms with Gasteiger partial charge in [0, 0.05) is 0 Å². The maximum Gasteiger partial charge on any atom is 0.250 e. The zero-order valence-corrected chi connectivity index (χ0v) is 14.6. The van der Waals surface area contributed by atoms with Crippen molar-refractivity contribution < 1.29 is 4.43 Å². The first kappa shape index (κ1) is 15.6. The van der Waals surface area contributed by atoms with Crippen molar-refractivity contribution in [2.45, 2.75) is 38.9 Å². The monoisotopic (exact) mass is 345 g/mol. The van der Waals surface area contributed by atoms with E-state index < -0.39 is 8.32 Å². The first-order valence-corrected chi connectivity index (χ1v) is 9.74. The van der Waals surface area contributed by atoms with E-state index in [2.05, 4.69) is 55.9 Å². The van der Waals surface area contributed by atoms with E-state index in [1.54, 1.807) is 12.1 Å². The molecule has 2 nitrogen and oxygen atoms in total. The van der Waals surface area contributed by atoms with E-state index in [-0.39, 0.29) is 5.04 Å². The van der Waals surface area contributed by atoms with Crippen LogP contribution in [0.1, 0.15) is 26.3 Å². The van der Waals surface area contributed by atoms with E-state index in [9.17, 15) is 0 Å². The van der Waals surface area contributed by atoms with Crippen LogP contribution in [0.4, 0.5) is 0 Å². The maximum absolute atomic E-state index is 8.88. The molecule has 1 rings (SSSR count). The molecule has 5 heteroatoms. The molecule has 18 heavy (non-hydrogen) atoms. The van der Waals surface area contributed by atoms with Crippen molar-refractivity contribution in [1.29, 1.82) is 5.26 Å². The molecule has 0 N–H and O–H groups in total. The summed E-state index contributed by atoms with van der Waals surface area (Å²) in [5.74, 6) is 0.641. The Kier molecular flexibility index (Phi) is 4.53. The van der Waals surface area contributed by atoms with E-state index in [0.29, 0.717) is 16.3 Å². The molecule has 0 aliphatic heterocycles. The number of hydrogen-bond donors (Lipinski definition) is 0. The summed E-state index contributed by atoms with van der Waals surface area (Å²) in [5, 5.41) is 9.46. The highest BCUT2D eigenvalue weighted by Crippen LogP contribution is 2.42. The molecular weight excluding hydrogens is 330 g/mol. The van der Waals surface area contributed by atoms with Gasteiger partial charge in [0.15, 0.2) is 0 Å². The molecular formula is C13H17BrClNOSi. The minimum atomic E-state index is -1.93. The molecule has 0 bridgehead atoms. The average Bonchev–Trinajstić information content (AvgIpc) is 2.21. The summed E-state index contributed by atoms with van der Waals surface area (Å²) >= 11 is 9.61. The van der Waals surface area contributed by atoms with Crippen LogP contribution < -0.4 is 4.43 Å². The topological polar surface area (TPSA) is 33.0 Å². The Morgan fingerprint density at radius 1 is 1.33 bits per heavy atom. The highest BCUT2D eigenvalue weighted by atomic mass is 79.9. The molecule has 0 unspecified atom stereocenters. The van der Waals surface area contributed by atoms with Crippen molar-refractivity contribution in [1.82, 2.24) is 0 Å². The lowest BCUT2D eigenvalue weighted by Gasteiger charge is -2.37. The molecule has 0 fully saturated rings. The Bertz CT molecular complexity index is 480. The molecule has 0 radical (unpaired) electrons. The molecule has 0 aliphatic carbocycles. The fourth-order valence-corrected chi connectivity index (χ4v) is 3.29. The normalized spacial score (nSPS) is 12.1. The molecule has 98 valence electrons. The third-order valence-corrected chi connectivity index (χ3v) is 8.49. The van der Waals surface area contributed by atoms with Crippen LogP contribution in [-0.2, 0) is 0 Å². The zero-order chi connectivity index (χ0) is 14.1. The summed E-state index contributed by atoms with van der Waals surface area (Å²) in [6.45, 7) is 10.8. The van der Waals surface area contributed by atoms with E-state index in [1.807, 2.05) is 0 Å². The Balaban J connectivity index is 3.18. The van der Waals surface area contributed by atoms with Gasteiger partial charge in [-0.15, -0.1) is 0 Å². The molecule has 0 spiro atoms. The fraction of sp³-hybridized carbons (Fsp3) is 0.462. The van der Waals surface area contributed by atoms with Crippen LogP contribution in [0, 0.1) is 11.3 Å². The molecule has 0 aromatic heterocycles. The van der Waals surface area contributed by atoms with Crippen LogP contribution in [0.15, 0.2) is 16.6 Å². The lowest BCUT2D eigenvalue weighted by Crippen LogP contribution is -2.44. The number of benzene rings is 1. The van der Waals surface area contributed by atoms with Crippen molar-refractivity contribution >= 4 is 35.8 Å². The van der Waals surface area contributed by atoms with Crippen LogP contribution in [0.25, 0.3) is 0 Å². The number of hydrogen-bond acceptors (Lipinski definition) is 2. The molecule has 0 atom stereocenters. The summed E-state index contributed by atoms with van der Waals surface area (Å²) in [7, 11) is -1.93. The lowest BCUT2D eigenvalue weighted by atomic mass is 10.2. The van der Waals surface area contributed by atoms with E-state index in [0.717, 1.165) is 4.47 Å².